The number of benzene rings is 1. The summed E-state index contributed by atoms with van der Waals surface area (Å²) in [5.74, 6) is -1.32. The molecule has 1 aromatic carbocycles. The molecule has 0 spiro atoms. The van der Waals surface area contributed by atoms with Crippen molar-refractivity contribution in [3.63, 3.8) is 0 Å². The maximum atomic E-state index is 10.9. The van der Waals surface area contributed by atoms with Crippen LogP contribution in [-0.4, -0.2) is 22.0 Å². The number of aliphatic carboxylic acids is 1. The van der Waals surface area contributed by atoms with E-state index in [1.165, 1.54) is 0 Å². The van der Waals surface area contributed by atoms with Gasteiger partial charge in [-0.05, 0) is 49.0 Å². The molecule has 1 aromatic rings. The first kappa shape index (κ1) is 13.3. The van der Waals surface area contributed by atoms with Crippen LogP contribution in [0.4, 0.5) is 0 Å². The second kappa shape index (κ2) is 5.69. The van der Waals surface area contributed by atoms with Crippen LogP contribution in [0.3, 0.4) is 0 Å². The van der Waals surface area contributed by atoms with Gasteiger partial charge in [0, 0.05) is 0 Å². The van der Waals surface area contributed by atoms with Gasteiger partial charge < -0.3 is 10.3 Å². The van der Waals surface area contributed by atoms with E-state index in [4.69, 9.17) is 10.3 Å². The maximum absolute atomic E-state index is 10.9. The number of carboxylic acids is 1. The number of carbonyl (C=O) groups is 1. The monoisotopic (exact) mass is 259 g/mol. The van der Waals surface area contributed by atoms with Crippen LogP contribution in [0.2, 0.25) is 0 Å². The van der Waals surface area contributed by atoms with Gasteiger partial charge in [0.25, 0.3) is 0 Å². The number of nitrogens with zero attached hydrogens (tertiary/aromatic N) is 1. The van der Waals surface area contributed by atoms with E-state index in [0.717, 1.165) is 36.0 Å². The molecular formula is C15H17NO3. The minimum atomic E-state index is -0.820. The Morgan fingerprint density at radius 2 is 1.95 bits per heavy atom. The van der Waals surface area contributed by atoms with Crippen LogP contribution in [0.15, 0.2) is 35.5 Å². The molecule has 1 atom stereocenters. The van der Waals surface area contributed by atoms with Crippen LogP contribution < -0.4 is 0 Å². The predicted octanol–water partition coefficient (Wildman–Crippen LogP) is 3.27. The standard InChI is InChI=1S/C15H17NO3/c1-10(15(17)18)11-5-7-12(8-6-11)13-3-2-4-14(9-13)16-19/h5-10,19H,2-4H2,1H3,(H,17,18). The van der Waals surface area contributed by atoms with E-state index in [2.05, 4.69) is 5.16 Å². The number of hydrogen-bond donors (Lipinski definition) is 2. The third-order valence-corrected chi connectivity index (χ3v) is 3.50. The zero-order chi connectivity index (χ0) is 13.8. The van der Waals surface area contributed by atoms with Crippen molar-refractivity contribution in [3.05, 3.63) is 41.5 Å². The van der Waals surface area contributed by atoms with Gasteiger partial charge in [-0.3, -0.25) is 4.79 Å². The van der Waals surface area contributed by atoms with Crippen LogP contribution in [-0.2, 0) is 4.79 Å². The van der Waals surface area contributed by atoms with Crippen molar-refractivity contribution in [2.75, 3.05) is 0 Å². The van der Waals surface area contributed by atoms with Gasteiger partial charge in [0.15, 0.2) is 0 Å². The molecule has 2 rings (SSSR count). The maximum Gasteiger partial charge on any atom is 0.310 e. The molecule has 2 N–H and O–H groups in total. The van der Waals surface area contributed by atoms with E-state index < -0.39 is 11.9 Å². The van der Waals surface area contributed by atoms with Crippen molar-refractivity contribution >= 4 is 17.3 Å². The average molecular weight is 259 g/mol. The van der Waals surface area contributed by atoms with Gasteiger partial charge in [-0.2, -0.15) is 0 Å². The summed E-state index contributed by atoms with van der Waals surface area (Å²) < 4.78 is 0. The Bertz CT molecular complexity index is 529. The fourth-order valence-corrected chi connectivity index (χ4v) is 2.24. The highest BCUT2D eigenvalue weighted by atomic mass is 16.4. The first-order valence-electron chi connectivity index (χ1n) is 6.36. The van der Waals surface area contributed by atoms with Crippen LogP contribution in [0, 0.1) is 0 Å². The summed E-state index contributed by atoms with van der Waals surface area (Å²) in [4.78, 5) is 10.9. The molecule has 0 radical (unpaired) electrons. The minimum absolute atomic E-state index is 0.496. The predicted molar refractivity (Wildman–Crippen MR) is 73.5 cm³/mol. The summed E-state index contributed by atoms with van der Waals surface area (Å²) in [6.45, 7) is 1.67. The number of oxime groups is 1. The summed E-state index contributed by atoms with van der Waals surface area (Å²) in [6.07, 6.45) is 4.62. The highest BCUT2D eigenvalue weighted by Gasteiger charge is 2.15. The molecule has 100 valence electrons. The Morgan fingerprint density at radius 1 is 1.26 bits per heavy atom. The summed E-state index contributed by atoms with van der Waals surface area (Å²) >= 11 is 0. The second-order valence-corrected chi connectivity index (χ2v) is 4.80. The first-order chi connectivity index (χ1) is 9.11. The topological polar surface area (TPSA) is 69.9 Å². The van der Waals surface area contributed by atoms with E-state index in [-0.39, 0.29) is 0 Å². The molecule has 0 aromatic heterocycles. The second-order valence-electron chi connectivity index (χ2n) is 4.80. The van der Waals surface area contributed by atoms with Crippen molar-refractivity contribution < 1.29 is 15.1 Å². The highest BCUT2D eigenvalue weighted by Crippen LogP contribution is 2.27. The fraction of sp³-hybridized carbons (Fsp3) is 0.333. The molecule has 1 aliphatic rings. The van der Waals surface area contributed by atoms with E-state index >= 15 is 0 Å². The van der Waals surface area contributed by atoms with Gasteiger partial charge in [0.2, 0.25) is 0 Å². The molecule has 0 fully saturated rings. The molecule has 1 aliphatic carbocycles. The summed E-state index contributed by atoms with van der Waals surface area (Å²) in [5.41, 5.74) is 3.68. The van der Waals surface area contributed by atoms with Crippen molar-refractivity contribution in [3.8, 4) is 0 Å². The van der Waals surface area contributed by atoms with E-state index in [1.54, 1.807) is 6.92 Å². The third kappa shape index (κ3) is 3.02. The molecular weight excluding hydrogens is 242 g/mol. The van der Waals surface area contributed by atoms with Crippen LogP contribution >= 0.6 is 0 Å². The lowest BCUT2D eigenvalue weighted by Crippen LogP contribution is -2.07. The summed E-state index contributed by atoms with van der Waals surface area (Å²) in [5, 5.41) is 21.0. The number of carboxylic acid groups (broad SMARTS) is 1. The molecule has 0 saturated carbocycles. The fourth-order valence-electron chi connectivity index (χ4n) is 2.24. The number of rotatable bonds is 3. The SMILES string of the molecule is CC(C(=O)O)c1ccc(C2=CC(=NO)CCC2)cc1. The minimum Gasteiger partial charge on any atom is -0.481 e. The quantitative estimate of drug-likeness (QED) is 0.646. The third-order valence-electron chi connectivity index (χ3n) is 3.50. The Labute approximate surface area is 112 Å². The zero-order valence-electron chi connectivity index (χ0n) is 10.8. The normalized spacial score (nSPS) is 19.0. The average Bonchev–Trinajstić information content (AvgIpc) is 2.46. The van der Waals surface area contributed by atoms with E-state index in [9.17, 15) is 4.79 Å². The van der Waals surface area contributed by atoms with Crippen molar-refractivity contribution in [2.24, 2.45) is 5.16 Å². The van der Waals surface area contributed by atoms with E-state index in [0.29, 0.717) is 5.71 Å². The van der Waals surface area contributed by atoms with Crippen molar-refractivity contribution in [2.45, 2.75) is 32.1 Å². The van der Waals surface area contributed by atoms with Crippen molar-refractivity contribution in [1.29, 1.82) is 0 Å². The van der Waals surface area contributed by atoms with Gasteiger partial charge >= 0.3 is 5.97 Å². The van der Waals surface area contributed by atoms with Gasteiger partial charge in [-0.1, -0.05) is 29.4 Å². The van der Waals surface area contributed by atoms with E-state index in [1.807, 2.05) is 30.3 Å². The van der Waals surface area contributed by atoms with Crippen LogP contribution in [0.5, 0.6) is 0 Å². The molecule has 0 amide bonds. The first-order valence-corrected chi connectivity index (χ1v) is 6.36. The van der Waals surface area contributed by atoms with Crippen LogP contribution in [0.1, 0.15) is 43.2 Å². The van der Waals surface area contributed by atoms with Crippen molar-refractivity contribution in [1.82, 2.24) is 0 Å². The van der Waals surface area contributed by atoms with Gasteiger partial charge in [-0.15, -0.1) is 0 Å². The molecule has 4 nitrogen and oxygen atoms in total. The Morgan fingerprint density at radius 3 is 2.53 bits per heavy atom. The molecule has 0 saturated heterocycles. The number of hydrogen-bond acceptors (Lipinski definition) is 3. The number of allylic oxidation sites excluding steroid dienone is 2. The lowest BCUT2D eigenvalue weighted by Gasteiger charge is -2.14. The lowest BCUT2D eigenvalue weighted by molar-refractivity contribution is -0.138. The summed E-state index contributed by atoms with van der Waals surface area (Å²) in [6, 6.07) is 7.56. The molecule has 0 bridgehead atoms. The molecule has 4 heteroatoms. The smallest absolute Gasteiger partial charge is 0.310 e. The largest absolute Gasteiger partial charge is 0.481 e. The van der Waals surface area contributed by atoms with Gasteiger partial charge in [0.1, 0.15) is 0 Å². The summed E-state index contributed by atoms with van der Waals surface area (Å²) in [7, 11) is 0. The Balaban J connectivity index is 2.23. The van der Waals surface area contributed by atoms with Gasteiger partial charge in [-0.25, -0.2) is 0 Å². The molecule has 1 unspecified atom stereocenters. The molecule has 0 heterocycles. The van der Waals surface area contributed by atoms with Gasteiger partial charge in [0.05, 0.1) is 11.6 Å². The Kier molecular flexibility index (Phi) is 4.00. The lowest BCUT2D eigenvalue weighted by atomic mass is 9.91. The molecule has 19 heavy (non-hydrogen) atoms. The van der Waals surface area contributed by atoms with Crippen LogP contribution in [0.25, 0.3) is 5.57 Å². The molecule has 0 aliphatic heterocycles. The highest BCUT2D eigenvalue weighted by molar-refractivity contribution is 6.01. The zero-order valence-corrected chi connectivity index (χ0v) is 10.8. The Hall–Kier alpha value is -2.10.